The van der Waals surface area contributed by atoms with Crippen molar-refractivity contribution in [2.75, 3.05) is 27.2 Å². The first-order valence-electron chi connectivity index (χ1n) is 9.94. The van der Waals surface area contributed by atoms with Gasteiger partial charge in [-0.2, -0.15) is 0 Å². The van der Waals surface area contributed by atoms with Gasteiger partial charge < -0.3 is 20.1 Å². The van der Waals surface area contributed by atoms with Gasteiger partial charge in [0.1, 0.15) is 11.6 Å². The van der Waals surface area contributed by atoms with Crippen molar-refractivity contribution in [2.24, 2.45) is 4.99 Å². The van der Waals surface area contributed by atoms with Crippen LogP contribution < -0.4 is 10.6 Å². The lowest BCUT2D eigenvalue weighted by molar-refractivity contribution is -0.122. The van der Waals surface area contributed by atoms with Gasteiger partial charge in [0.2, 0.25) is 5.91 Å². The number of halogens is 1. The maximum atomic E-state index is 12.1. The molecular formula is C19H36IN7O. The Balaban J connectivity index is 0.00000392. The van der Waals surface area contributed by atoms with Crippen LogP contribution in [0.2, 0.25) is 0 Å². The van der Waals surface area contributed by atoms with Crippen molar-refractivity contribution in [1.29, 1.82) is 0 Å². The zero-order valence-corrected chi connectivity index (χ0v) is 20.2. The van der Waals surface area contributed by atoms with Crippen molar-refractivity contribution in [1.82, 2.24) is 30.3 Å². The molecule has 2 heterocycles. The molecule has 1 aliphatic rings. The highest BCUT2D eigenvalue weighted by molar-refractivity contribution is 14.0. The molecule has 0 spiro atoms. The van der Waals surface area contributed by atoms with Crippen molar-refractivity contribution >= 4 is 35.8 Å². The molecule has 0 saturated heterocycles. The number of rotatable bonds is 6. The quantitative estimate of drug-likeness (QED) is 0.267. The Morgan fingerprint density at radius 1 is 1.25 bits per heavy atom. The number of hydrogen-bond donors (Lipinski definition) is 2. The minimum absolute atomic E-state index is 0. The van der Waals surface area contributed by atoms with Crippen LogP contribution in [0.1, 0.15) is 58.1 Å². The van der Waals surface area contributed by atoms with Gasteiger partial charge in [-0.3, -0.25) is 9.79 Å². The summed E-state index contributed by atoms with van der Waals surface area (Å²) in [6.45, 7) is 8.02. The summed E-state index contributed by atoms with van der Waals surface area (Å²) in [5, 5.41) is 15.0. The van der Waals surface area contributed by atoms with Gasteiger partial charge in [0.25, 0.3) is 0 Å². The summed E-state index contributed by atoms with van der Waals surface area (Å²) < 4.78 is 2.30. The van der Waals surface area contributed by atoms with E-state index in [2.05, 4.69) is 30.4 Å². The van der Waals surface area contributed by atoms with Gasteiger partial charge in [0.15, 0.2) is 5.96 Å². The molecule has 1 amide bonds. The Morgan fingerprint density at radius 2 is 2.00 bits per heavy atom. The van der Waals surface area contributed by atoms with Crippen LogP contribution in [0.15, 0.2) is 4.99 Å². The predicted octanol–water partition coefficient (Wildman–Crippen LogP) is 1.98. The van der Waals surface area contributed by atoms with Crippen LogP contribution in [0, 0.1) is 0 Å². The standard InChI is InChI=1S/C19H35N7O.HI/c1-19(2,3)22-17(27)14-25(5)18(20-4)21-12-9-11-16-24-23-15-10-7-6-8-13-26(15)16;/h6-14H2,1-5H3,(H,20,21)(H,22,27);1H. The number of aliphatic imine (C=N–C) groups is 1. The van der Waals surface area contributed by atoms with Gasteiger partial charge in [-0.05, 0) is 40.0 Å². The SMILES string of the molecule is CN=C(NCCCc1nnc2n1CCCCC2)N(C)CC(=O)NC(C)(C)C.I. The molecule has 2 rings (SSSR count). The van der Waals surface area contributed by atoms with E-state index in [9.17, 15) is 4.79 Å². The summed E-state index contributed by atoms with van der Waals surface area (Å²) in [6.07, 6.45) is 6.58. The molecule has 0 bridgehead atoms. The molecule has 1 aliphatic heterocycles. The molecule has 0 aromatic carbocycles. The maximum absolute atomic E-state index is 12.1. The lowest BCUT2D eigenvalue weighted by atomic mass is 10.1. The third kappa shape index (κ3) is 7.92. The number of aromatic nitrogens is 3. The molecule has 1 aromatic heterocycles. The fourth-order valence-electron chi connectivity index (χ4n) is 3.31. The normalized spacial score (nSPS) is 14.5. The van der Waals surface area contributed by atoms with Crippen LogP contribution in [0.3, 0.4) is 0 Å². The summed E-state index contributed by atoms with van der Waals surface area (Å²) in [5.74, 6) is 2.93. The number of amides is 1. The van der Waals surface area contributed by atoms with Gasteiger partial charge in [-0.15, -0.1) is 34.2 Å². The molecule has 9 heteroatoms. The molecule has 8 nitrogen and oxygen atoms in total. The number of carbonyl (C=O) groups excluding carboxylic acids is 1. The third-order valence-electron chi connectivity index (χ3n) is 4.51. The Labute approximate surface area is 186 Å². The molecule has 160 valence electrons. The highest BCUT2D eigenvalue weighted by Gasteiger charge is 2.17. The zero-order valence-electron chi connectivity index (χ0n) is 17.9. The molecule has 28 heavy (non-hydrogen) atoms. The maximum Gasteiger partial charge on any atom is 0.240 e. The van der Waals surface area contributed by atoms with E-state index in [-0.39, 0.29) is 42.0 Å². The number of fused-ring (bicyclic) bond motifs is 1. The van der Waals surface area contributed by atoms with Gasteiger partial charge in [-0.25, -0.2) is 0 Å². The van der Waals surface area contributed by atoms with Crippen molar-refractivity contribution in [3.05, 3.63) is 11.6 Å². The van der Waals surface area contributed by atoms with Gasteiger partial charge in [0.05, 0.1) is 6.54 Å². The highest BCUT2D eigenvalue weighted by atomic mass is 127. The summed E-state index contributed by atoms with van der Waals surface area (Å²) in [7, 11) is 3.61. The zero-order chi connectivity index (χ0) is 19.9. The van der Waals surface area contributed by atoms with E-state index in [0.29, 0.717) is 0 Å². The smallest absolute Gasteiger partial charge is 0.240 e. The number of aryl methyl sites for hydroxylation is 2. The first-order valence-corrected chi connectivity index (χ1v) is 9.94. The summed E-state index contributed by atoms with van der Waals surface area (Å²) in [4.78, 5) is 18.2. The number of hydrogen-bond acceptors (Lipinski definition) is 4. The van der Waals surface area contributed by atoms with E-state index >= 15 is 0 Å². The van der Waals surface area contributed by atoms with Crippen molar-refractivity contribution in [3.8, 4) is 0 Å². The van der Waals surface area contributed by atoms with E-state index < -0.39 is 0 Å². The molecule has 0 saturated carbocycles. The van der Waals surface area contributed by atoms with Gasteiger partial charge >= 0.3 is 0 Å². The summed E-state index contributed by atoms with van der Waals surface area (Å²) >= 11 is 0. The first kappa shape index (κ1) is 24.6. The highest BCUT2D eigenvalue weighted by Crippen LogP contribution is 2.15. The summed E-state index contributed by atoms with van der Waals surface area (Å²) in [5.41, 5.74) is -0.231. The molecule has 0 fully saturated rings. The van der Waals surface area contributed by atoms with Crippen molar-refractivity contribution in [2.45, 2.75) is 71.4 Å². The molecule has 2 N–H and O–H groups in total. The predicted molar refractivity (Wildman–Crippen MR) is 123 cm³/mol. The first-order chi connectivity index (χ1) is 12.8. The van der Waals surface area contributed by atoms with E-state index in [1.165, 1.54) is 19.3 Å². The lowest BCUT2D eigenvalue weighted by Crippen LogP contribution is -2.48. The Bertz CT molecular complexity index is 651. The molecule has 0 atom stereocenters. The third-order valence-corrected chi connectivity index (χ3v) is 4.51. The fraction of sp³-hybridized carbons (Fsp3) is 0.789. The lowest BCUT2D eigenvalue weighted by Gasteiger charge is -2.25. The second-order valence-corrected chi connectivity index (χ2v) is 8.23. The van der Waals surface area contributed by atoms with E-state index in [4.69, 9.17) is 0 Å². The molecule has 1 aromatic rings. The minimum Gasteiger partial charge on any atom is -0.356 e. The largest absolute Gasteiger partial charge is 0.356 e. The Kier molecular flexibility index (Phi) is 10.2. The Morgan fingerprint density at radius 3 is 2.68 bits per heavy atom. The molecule has 0 unspecified atom stereocenters. The van der Waals surface area contributed by atoms with Crippen molar-refractivity contribution in [3.63, 3.8) is 0 Å². The molecule has 0 radical (unpaired) electrons. The second kappa shape index (κ2) is 11.6. The monoisotopic (exact) mass is 505 g/mol. The van der Waals surface area contributed by atoms with E-state index in [1.54, 1.807) is 7.05 Å². The number of nitrogens with one attached hydrogen (secondary N) is 2. The van der Waals surface area contributed by atoms with E-state index in [0.717, 1.165) is 50.0 Å². The fourth-order valence-corrected chi connectivity index (χ4v) is 3.31. The average molecular weight is 505 g/mol. The van der Waals surface area contributed by atoms with E-state index in [1.807, 2.05) is 32.7 Å². The average Bonchev–Trinajstić information content (AvgIpc) is 2.80. The van der Waals surface area contributed by atoms with Crippen molar-refractivity contribution < 1.29 is 4.79 Å². The van der Waals surface area contributed by atoms with Crippen LogP contribution >= 0.6 is 24.0 Å². The second-order valence-electron chi connectivity index (χ2n) is 8.23. The van der Waals surface area contributed by atoms with Crippen LogP contribution in [0.5, 0.6) is 0 Å². The van der Waals surface area contributed by atoms with Crippen LogP contribution in [-0.2, 0) is 24.2 Å². The van der Waals surface area contributed by atoms with Crippen LogP contribution in [0.25, 0.3) is 0 Å². The van der Waals surface area contributed by atoms with Crippen LogP contribution in [-0.4, -0.2) is 64.3 Å². The van der Waals surface area contributed by atoms with Gasteiger partial charge in [-0.1, -0.05) is 6.42 Å². The van der Waals surface area contributed by atoms with Crippen LogP contribution in [0.4, 0.5) is 0 Å². The topological polar surface area (TPSA) is 87.4 Å². The number of carbonyl (C=O) groups is 1. The number of nitrogens with zero attached hydrogens (tertiary/aromatic N) is 5. The number of guanidine groups is 1. The molecule has 0 aliphatic carbocycles. The number of likely N-dealkylation sites (N-methyl/N-ethyl adjacent to an activating group) is 1. The minimum atomic E-state index is -0.231. The summed E-state index contributed by atoms with van der Waals surface area (Å²) in [6, 6.07) is 0. The van der Waals surface area contributed by atoms with Gasteiger partial charge in [0, 0.05) is 45.6 Å². The Hall–Kier alpha value is -1.39. The molecular weight excluding hydrogens is 469 g/mol.